The average molecular weight is 291 g/mol. The van der Waals surface area contributed by atoms with Crippen LogP contribution in [-0.2, 0) is 10.0 Å². The van der Waals surface area contributed by atoms with Gasteiger partial charge in [-0.2, -0.15) is 0 Å². The summed E-state index contributed by atoms with van der Waals surface area (Å²) in [5.74, 6) is -0.373. The third kappa shape index (κ3) is 3.19. The molecule has 0 fully saturated rings. The number of carbonyl (C=O) groups is 1. The number of pyridine rings is 1. The minimum atomic E-state index is -3.82. The first-order valence-corrected chi connectivity index (χ1v) is 7.27. The Bertz CT molecular complexity index is 743. The molecule has 0 aliphatic rings. The summed E-state index contributed by atoms with van der Waals surface area (Å²) >= 11 is 0. The fourth-order valence-electron chi connectivity index (χ4n) is 1.68. The highest BCUT2D eigenvalue weighted by Crippen LogP contribution is 2.19. The molecule has 0 radical (unpaired) electrons. The lowest BCUT2D eigenvalue weighted by atomic mass is 10.2. The topological polar surface area (TPSA) is 102 Å². The molecular weight excluding hydrogens is 278 g/mol. The zero-order valence-electron chi connectivity index (χ0n) is 10.7. The molecular formula is C13H13N3O3S. The third-order valence-electron chi connectivity index (χ3n) is 2.68. The fraction of sp³-hybridized carbons (Fsp3) is 0.0769. The van der Waals surface area contributed by atoms with E-state index in [9.17, 15) is 13.2 Å². The highest BCUT2D eigenvalue weighted by Gasteiger charge is 2.13. The smallest absolute Gasteiger partial charge is 0.257 e. The molecule has 0 atom stereocenters. The standard InChI is InChI=1S/C13H13N3O3S/c1-9-4-5-11(7-12(9)20(14,18)19)16-13(17)10-3-2-6-15-8-10/h2-8H,1H3,(H,16,17)(H2,14,18,19). The number of anilines is 1. The van der Waals surface area contributed by atoms with Crippen molar-refractivity contribution in [3.05, 3.63) is 53.9 Å². The van der Waals surface area contributed by atoms with E-state index < -0.39 is 10.0 Å². The molecule has 0 bridgehead atoms. The van der Waals surface area contributed by atoms with Gasteiger partial charge in [0.05, 0.1) is 10.5 Å². The summed E-state index contributed by atoms with van der Waals surface area (Å²) < 4.78 is 22.8. The quantitative estimate of drug-likeness (QED) is 0.889. The molecule has 104 valence electrons. The molecule has 1 heterocycles. The van der Waals surface area contributed by atoms with Crippen molar-refractivity contribution in [2.24, 2.45) is 5.14 Å². The number of primary sulfonamides is 1. The van der Waals surface area contributed by atoms with Gasteiger partial charge in [0.15, 0.2) is 0 Å². The lowest BCUT2D eigenvalue weighted by molar-refractivity contribution is 0.102. The molecule has 6 nitrogen and oxygen atoms in total. The van der Waals surface area contributed by atoms with Crippen LogP contribution in [0, 0.1) is 6.92 Å². The molecule has 0 saturated heterocycles. The summed E-state index contributed by atoms with van der Waals surface area (Å²) in [4.78, 5) is 15.8. The Morgan fingerprint density at radius 3 is 2.65 bits per heavy atom. The molecule has 7 heteroatoms. The summed E-state index contributed by atoms with van der Waals surface area (Å²) in [7, 11) is -3.82. The van der Waals surface area contributed by atoms with E-state index in [0.717, 1.165) is 0 Å². The first-order valence-electron chi connectivity index (χ1n) is 5.73. The Morgan fingerprint density at radius 1 is 1.30 bits per heavy atom. The van der Waals surface area contributed by atoms with Crippen LogP contribution < -0.4 is 10.5 Å². The number of nitrogens with zero attached hydrogens (tertiary/aromatic N) is 1. The average Bonchev–Trinajstić information content (AvgIpc) is 2.40. The van der Waals surface area contributed by atoms with E-state index in [0.29, 0.717) is 16.8 Å². The Labute approximate surface area is 116 Å². The number of rotatable bonds is 3. The van der Waals surface area contributed by atoms with Crippen molar-refractivity contribution in [2.75, 3.05) is 5.32 Å². The zero-order valence-corrected chi connectivity index (χ0v) is 11.5. The number of benzene rings is 1. The number of sulfonamides is 1. The molecule has 2 rings (SSSR count). The Hall–Kier alpha value is -2.25. The number of hydrogen-bond donors (Lipinski definition) is 2. The minimum absolute atomic E-state index is 0.0125. The lowest BCUT2D eigenvalue weighted by Gasteiger charge is -2.08. The maximum Gasteiger partial charge on any atom is 0.257 e. The van der Waals surface area contributed by atoms with E-state index in [2.05, 4.69) is 10.3 Å². The number of nitrogens with two attached hydrogens (primary N) is 1. The van der Waals surface area contributed by atoms with Gasteiger partial charge in [-0.25, -0.2) is 13.6 Å². The Morgan fingerprint density at radius 2 is 2.05 bits per heavy atom. The van der Waals surface area contributed by atoms with Crippen molar-refractivity contribution >= 4 is 21.6 Å². The van der Waals surface area contributed by atoms with E-state index in [1.165, 1.54) is 12.3 Å². The first-order chi connectivity index (χ1) is 9.38. The largest absolute Gasteiger partial charge is 0.322 e. The summed E-state index contributed by atoms with van der Waals surface area (Å²) in [6.45, 7) is 1.63. The van der Waals surface area contributed by atoms with Crippen LogP contribution in [0.5, 0.6) is 0 Å². The van der Waals surface area contributed by atoms with Crippen molar-refractivity contribution in [2.45, 2.75) is 11.8 Å². The first kappa shape index (κ1) is 14.2. The van der Waals surface area contributed by atoms with Crippen LogP contribution in [0.3, 0.4) is 0 Å². The van der Waals surface area contributed by atoms with E-state index in [1.807, 2.05) is 0 Å². The summed E-state index contributed by atoms with van der Waals surface area (Å²) in [5.41, 5.74) is 1.26. The summed E-state index contributed by atoms with van der Waals surface area (Å²) in [6, 6.07) is 7.77. The predicted octanol–water partition coefficient (Wildman–Crippen LogP) is 1.29. The van der Waals surface area contributed by atoms with Crippen LogP contribution >= 0.6 is 0 Å². The molecule has 3 N–H and O–H groups in total. The van der Waals surface area contributed by atoms with Crippen LogP contribution in [-0.4, -0.2) is 19.3 Å². The maximum atomic E-state index is 11.9. The molecule has 0 aliphatic carbocycles. The van der Waals surface area contributed by atoms with Gasteiger partial charge < -0.3 is 5.32 Å². The molecule has 20 heavy (non-hydrogen) atoms. The second-order valence-electron chi connectivity index (χ2n) is 4.22. The van der Waals surface area contributed by atoms with E-state index in [-0.39, 0.29) is 10.8 Å². The van der Waals surface area contributed by atoms with Gasteiger partial charge in [0.25, 0.3) is 5.91 Å². The number of aryl methyl sites for hydroxylation is 1. The molecule has 1 amide bonds. The van der Waals surface area contributed by atoms with Crippen molar-refractivity contribution in [3.8, 4) is 0 Å². The second kappa shape index (κ2) is 5.40. The summed E-state index contributed by atoms with van der Waals surface area (Å²) in [5, 5.41) is 7.72. The zero-order chi connectivity index (χ0) is 14.8. The van der Waals surface area contributed by atoms with Gasteiger partial charge in [-0.05, 0) is 36.8 Å². The van der Waals surface area contributed by atoms with Gasteiger partial charge in [-0.1, -0.05) is 6.07 Å². The maximum absolute atomic E-state index is 11.9. The van der Waals surface area contributed by atoms with Crippen molar-refractivity contribution in [1.82, 2.24) is 4.98 Å². The number of carbonyl (C=O) groups excluding carboxylic acids is 1. The van der Waals surface area contributed by atoms with Crippen molar-refractivity contribution < 1.29 is 13.2 Å². The van der Waals surface area contributed by atoms with Crippen molar-refractivity contribution in [1.29, 1.82) is 0 Å². The fourth-order valence-corrected chi connectivity index (χ4v) is 2.49. The van der Waals surface area contributed by atoms with E-state index in [4.69, 9.17) is 5.14 Å². The highest BCUT2D eigenvalue weighted by atomic mass is 32.2. The Balaban J connectivity index is 2.30. The van der Waals surface area contributed by atoms with Crippen LogP contribution in [0.2, 0.25) is 0 Å². The van der Waals surface area contributed by atoms with Crippen LogP contribution in [0.25, 0.3) is 0 Å². The Kier molecular flexibility index (Phi) is 3.82. The number of aromatic nitrogens is 1. The van der Waals surface area contributed by atoms with Gasteiger partial charge in [-0.15, -0.1) is 0 Å². The van der Waals surface area contributed by atoms with E-state index in [1.54, 1.807) is 37.4 Å². The molecule has 0 spiro atoms. The van der Waals surface area contributed by atoms with Gasteiger partial charge in [0, 0.05) is 18.1 Å². The van der Waals surface area contributed by atoms with Crippen LogP contribution in [0.15, 0.2) is 47.6 Å². The van der Waals surface area contributed by atoms with Gasteiger partial charge in [0.2, 0.25) is 10.0 Å². The highest BCUT2D eigenvalue weighted by molar-refractivity contribution is 7.89. The molecule has 2 aromatic rings. The monoisotopic (exact) mass is 291 g/mol. The summed E-state index contributed by atoms with van der Waals surface area (Å²) in [6.07, 6.45) is 2.98. The van der Waals surface area contributed by atoms with Crippen molar-refractivity contribution in [3.63, 3.8) is 0 Å². The molecule has 1 aromatic carbocycles. The number of nitrogens with one attached hydrogen (secondary N) is 1. The minimum Gasteiger partial charge on any atom is -0.322 e. The SMILES string of the molecule is Cc1ccc(NC(=O)c2cccnc2)cc1S(N)(=O)=O. The van der Waals surface area contributed by atoms with E-state index >= 15 is 0 Å². The normalized spacial score (nSPS) is 11.1. The second-order valence-corrected chi connectivity index (χ2v) is 5.75. The molecule has 0 saturated carbocycles. The van der Waals surface area contributed by atoms with Gasteiger partial charge in [0.1, 0.15) is 0 Å². The van der Waals surface area contributed by atoms with Crippen LogP contribution in [0.4, 0.5) is 5.69 Å². The number of hydrogen-bond acceptors (Lipinski definition) is 4. The molecule has 1 aromatic heterocycles. The molecule has 0 unspecified atom stereocenters. The van der Waals surface area contributed by atoms with Crippen LogP contribution in [0.1, 0.15) is 15.9 Å². The number of amides is 1. The van der Waals surface area contributed by atoms with Gasteiger partial charge in [-0.3, -0.25) is 9.78 Å². The molecule has 0 aliphatic heterocycles. The van der Waals surface area contributed by atoms with Gasteiger partial charge >= 0.3 is 0 Å². The third-order valence-corrected chi connectivity index (χ3v) is 3.73. The predicted molar refractivity (Wildman–Crippen MR) is 74.7 cm³/mol. The lowest BCUT2D eigenvalue weighted by Crippen LogP contribution is -2.16.